The first kappa shape index (κ1) is 28.5. The lowest BCUT2D eigenvalue weighted by Crippen LogP contribution is -2.48. The van der Waals surface area contributed by atoms with Gasteiger partial charge in [0.1, 0.15) is 12.7 Å². The predicted molar refractivity (Wildman–Crippen MR) is 149 cm³/mol. The van der Waals surface area contributed by atoms with Crippen molar-refractivity contribution in [2.24, 2.45) is 0 Å². The third kappa shape index (κ3) is 6.71. The Balaban J connectivity index is 0.00000336. The summed E-state index contributed by atoms with van der Waals surface area (Å²) in [5, 5.41) is 0. The molecule has 3 aromatic rings. The maximum absolute atomic E-state index is 12.6. The summed E-state index contributed by atoms with van der Waals surface area (Å²) >= 11 is 0. The van der Waals surface area contributed by atoms with Crippen LogP contribution >= 0.6 is 13.5 Å². The monoisotopic (exact) mass is 563 g/mol. The minimum Gasteiger partial charge on any atom is -0.473 e. The molecule has 4 heterocycles. The molecule has 2 saturated heterocycles. The molecule has 2 fully saturated rings. The molecule has 206 valence electrons. The summed E-state index contributed by atoms with van der Waals surface area (Å²) in [7, 11) is -1.94. The number of nitrogens with zero attached hydrogens (tertiary/aromatic N) is 5. The fraction of sp³-hybridized carbons (Fsp3) is 0.480. The zero-order chi connectivity index (χ0) is 25.7. The van der Waals surface area contributed by atoms with Crippen LogP contribution in [0.15, 0.2) is 42.7 Å². The molecule has 38 heavy (non-hydrogen) atoms. The first-order valence-corrected chi connectivity index (χ1v) is 13.9. The van der Waals surface area contributed by atoms with Crippen molar-refractivity contribution in [1.29, 1.82) is 0 Å². The Hall–Kier alpha value is -2.55. The smallest absolute Gasteiger partial charge is 0.242 e. The van der Waals surface area contributed by atoms with Gasteiger partial charge in [-0.15, -0.1) is 0 Å². The molecule has 5 rings (SSSR count). The van der Waals surface area contributed by atoms with Crippen LogP contribution in [0.25, 0.3) is 22.3 Å². The molecule has 0 aliphatic carbocycles. The Kier molecular flexibility index (Phi) is 9.74. The van der Waals surface area contributed by atoms with E-state index in [0.717, 1.165) is 37.6 Å². The number of pyridine rings is 1. The molecule has 0 N–H and O–H groups in total. The summed E-state index contributed by atoms with van der Waals surface area (Å²) in [4.78, 5) is 15.9. The fourth-order valence-corrected chi connectivity index (χ4v) is 5.77. The van der Waals surface area contributed by atoms with Crippen molar-refractivity contribution in [3.8, 4) is 17.1 Å². The van der Waals surface area contributed by atoms with Gasteiger partial charge in [-0.2, -0.15) is 17.8 Å². The molecule has 2 aliphatic rings. The van der Waals surface area contributed by atoms with Crippen LogP contribution < -0.4 is 9.64 Å². The second-order valence-corrected chi connectivity index (χ2v) is 10.9. The van der Waals surface area contributed by atoms with Crippen LogP contribution in [-0.4, -0.2) is 106 Å². The first-order valence-electron chi connectivity index (χ1n) is 12.3. The average Bonchev–Trinajstić information content (AvgIpc) is 2.95. The molecule has 0 amide bonds. The third-order valence-corrected chi connectivity index (χ3v) is 8.21. The highest BCUT2D eigenvalue weighted by Crippen LogP contribution is 2.29. The molecular formula is C25H33N5O6S2. The number of sulfonamides is 1. The first-order chi connectivity index (χ1) is 18.0. The van der Waals surface area contributed by atoms with E-state index in [9.17, 15) is 8.42 Å². The van der Waals surface area contributed by atoms with Crippen LogP contribution in [0, 0.1) is 0 Å². The standard InChI is InChI=1S/C25H31N5O6S.H2S/c1-33-14-15-37(31,32)30-10-13-35-21(17-30)18-36-25-24-23(26-6-7-27-24)16-22(28-25)19-2-4-20(5-3-19)29-8-11-34-12-9-29;/h2-7,16,21H,8-15,17-18H2,1H3;1H2/t21-;/m0./s1. The summed E-state index contributed by atoms with van der Waals surface area (Å²) < 4.78 is 48.8. The Morgan fingerprint density at radius 1 is 1.05 bits per heavy atom. The Labute approximate surface area is 229 Å². The lowest BCUT2D eigenvalue weighted by atomic mass is 10.1. The molecule has 0 spiro atoms. The lowest BCUT2D eigenvalue weighted by Gasteiger charge is -2.31. The zero-order valence-corrected chi connectivity index (χ0v) is 23.1. The lowest BCUT2D eigenvalue weighted by molar-refractivity contribution is -0.0255. The van der Waals surface area contributed by atoms with E-state index < -0.39 is 16.1 Å². The second-order valence-electron chi connectivity index (χ2n) is 8.85. The number of rotatable bonds is 9. The fourth-order valence-electron chi connectivity index (χ4n) is 4.39. The van der Waals surface area contributed by atoms with Crippen molar-refractivity contribution in [2.45, 2.75) is 6.10 Å². The molecule has 2 aliphatic heterocycles. The van der Waals surface area contributed by atoms with E-state index in [0.29, 0.717) is 35.8 Å². The van der Waals surface area contributed by atoms with Gasteiger partial charge in [-0.05, 0) is 18.2 Å². The van der Waals surface area contributed by atoms with Gasteiger partial charge in [0, 0.05) is 56.9 Å². The summed E-state index contributed by atoms with van der Waals surface area (Å²) in [6.07, 6.45) is 2.79. The van der Waals surface area contributed by atoms with E-state index in [-0.39, 0.29) is 39.0 Å². The molecule has 1 atom stereocenters. The van der Waals surface area contributed by atoms with Gasteiger partial charge in [0.25, 0.3) is 0 Å². The molecule has 2 aromatic heterocycles. The molecule has 11 nitrogen and oxygen atoms in total. The maximum atomic E-state index is 12.6. The van der Waals surface area contributed by atoms with Crippen molar-refractivity contribution in [2.75, 3.05) is 77.0 Å². The van der Waals surface area contributed by atoms with Gasteiger partial charge in [-0.3, -0.25) is 4.98 Å². The Bertz CT molecular complexity index is 1310. The highest BCUT2D eigenvalue weighted by atomic mass is 32.2. The van der Waals surface area contributed by atoms with Crippen LogP contribution in [0.1, 0.15) is 0 Å². The molecule has 0 unspecified atom stereocenters. The van der Waals surface area contributed by atoms with Gasteiger partial charge >= 0.3 is 0 Å². The van der Waals surface area contributed by atoms with E-state index in [1.165, 1.54) is 11.4 Å². The second kappa shape index (κ2) is 13.0. The largest absolute Gasteiger partial charge is 0.473 e. The number of hydrogen-bond acceptors (Lipinski definition) is 10. The maximum Gasteiger partial charge on any atom is 0.242 e. The number of methoxy groups -OCH3 is 1. The molecule has 0 bridgehead atoms. The Morgan fingerprint density at radius 2 is 1.82 bits per heavy atom. The molecule has 0 radical (unpaired) electrons. The van der Waals surface area contributed by atoms with E-state index in [1.54, 1.807) is 12.4 Å². The van der Waals surface area contributed by atoms with Gasteiger partial charge in [-0.25, -0.2) is 18.4 Å². The van der Waals surface area contributed by atoms with Gasteiger partial charge < -0.3 is 23.8 Å². The highest BCUT2D eigenvalue weighted by Gasteiger charge is 2.30. The normalized spacial score (nSPS) is 18.8. The van der Waals surface area contributed by atoms with Gasteiger partial charge in [0.15, 0.2) is 5.52 Å². The third-order valence-electron chi connectivity index (χ3n) is 6.41. The Morgan fingerprint density at radius 3 is 2.58 bits per heavy atom. The molecule has 1 aromatic carbocycles. The number of fused-ring (bicyclic) bond motifs is 1. The van der Waals surface area contributed by atoms with Crippen LogP contribution in [0.5, 0.6) is 5.88 Å². The van der Waals surface area contributed by atoms with E-state index in [2.05, 4.69) is 27.0 Å². The minimum atomic E-state index is -3.43. The number of ether oxygens (including phenoxy) is 4. The van der Waals surface area contributed by atoms with Crippen molar-refractivity contribution in [3.05, 3.63) is 42.7 Å². The van der Waals surface area contributed by atoms with E-state index in [4.69, 9.17) is 23.9 Å². The summed E-state index contributed by atoms with van der Waals surface area (Å²) in [6.45, 7) is 4.30. The van der Waals surface area contributed by atoms with Crippen LogP contribution in [-0.2, 0) is 24.2 Å². The minimum absolute atomic E-state index is 0. The van der Waals surface area contributed by atoms with E-state index in [1.807, 2.05) is 18.2 Å². The number of hydrogen-bond donors (Lipinski definition) is 0. The average molecular weight is 564 g/mol. The van der Waals surface area contributed by atoms with Gasteiger partial charge in [0.2, 0.25) is 15.9 Å². The van der Waals surface area contributed by atoms with Gasteiger partial charge in [-0.1, -0.05) is 12.1 Å². The number of aromatic nitrogens is 3. The van der Waals surface area contributed by atoms with E-state index >= 15 is 0 Å². The number of anilines is 1. The topological polar surface area (TPSA) is 116 Å². The van der Waals surface area contributed by atoms with Crippen LogP contribution in [0.3, 0.4) is 0 Å². The zero-order valence-electron chi connectivity index (χ0n) is 21.3. The predicted octanol–water partition coefficient (Wildman–Crippen LogP) is 1.70. The number of morpholine rings is 2. The number of benzene rings is 1. The summed E-state index contributed by atoms with van der Waals surface area (Å²) in [5.41, 5.74) is 3.98. The van der Waals surface area contributed by atoms with Gasteiger partial charge in [0.05, 0.1) is 43.4 Å². The summed E-state index contributed by atoms with van der Waals surface area (Å²) in [5.74, 6) is 0.270. The van der Waals surface area contributed by atoms with Crippen molar-refractivity contribution in [3.63, 3.8) is 0 Å². The summed E-state index contributed by atoms with van der Waals surface area (Å²) in [6, 6.07) is 10.1. The van der Waals surface area contributed by atoms with Crippen molar-refractivity contribution >= 4 is 40.2 Å². The SMILES string of the molecule is COCCS(=O)(=O)N1CCO[C@H](COc2nc(-c3ccc(N4CCOCC4)cc3)cc3nccnc23)C1.S. The van der Waals surface area contributed by atoms with Crippen molar-refractivity contribution < 1.29 is 27.4 Å². The molecular weight excluding hydrogens is 530 g/mol. The highest BCUT2D eigenvalue weighted by molar-refractivity contribution is 7.89. The van der Waals surface area contributed by atoms with Crippen LogP contribution in [0.4, 0.5) is 5.69 Å². The van der Waals surface area contributed by atoms with Crippen LogP contribution in [0.2, 0.25) is 0 Å². The molecule has 13 heteroatoms. The quantitative estimate of drug-likeness (QED) is 0.381. The van der Waals surface area contributed by atoms with Crippen molar-refractivity contribution in [1.82, 2.24) is 19.3 Å². The molecule has 0 saturated carbocycles.